The van der Waals surface area contributed by atoms with Gasteiger partial charge >= 0.3 is 0 Å². The fourth-order valence-electron chi connectivity index (χ4n) is 1.38. The Bertz CT molecular complexity index is 483. The molecule has 1 rings (SSSR count). The van der Waals surface area contributed by atoms with Gasteiger partial charge in [-0.05, 0) is 13.0 Å². The van der Waals surface area contributed by atoms with E-state index < -0.39 is 4.92 Å². The molecule has 0 atom stereocenters. The number of amides is 1. The molecule has 0 radical (unpaired) electrons. The third kappa shape index (κ3) is 3.67. The number of carbonyl (C=O) groups is 1. The van der Waals surface area contributed by atoms with Crippen molar-refractivity contribution in [1.29, 1.82) is 0 Å². The van der Waals surface area contributed by atoms with Crippen LogP contribution in [0, 0.1) is 17.0 Å². The molecule has 1 aromatic carbocycles. The SMILES string of the molecule is Cc1ccc(C(=O)NC/C=C/CN)cc1[N+](=O)[O-]. The topological polar surface area (TPSA) is 98.3 Å². The lowest BCUT2D eigenvalue weighted by atomic mass is 10.1. The van der Waals surface area contributed by atoms with Crippen molar-refractivity contribution in [3.05, 3.63) is 51.6 Å². The van der Waals surface area contributed by atoms with Gasteiger partial charge < -0.3 is 11.1 Å². The molecule has 1 aromatic rings. The second-order valence-electron chi connectivity index (χ2n) is 3.68. The van der Waals surface area contributed by atoms with Crippen LogP contribution in [0.5, 0.6) is 0 Å². The third-order valence-electron chi connectivity index (χ3n) is 2.35. The maximum absolute atomic E-state index is 11.7. The van der Waals surface area contributed by atoms with Crippen LogP contribution in [-0.4, -0.2) is 23.9 Å². The summed E-state index contributed by atoms with van der Waals surface area (Å²) in [7, 11) is 0. The third-order valence-corrected chi connectivity index (χ3v) is 2.35. The van der Waals surface area contributed by atoms with Gasteiger partial charge in [-0.2, -0.15) is 0 Å². The highest BCUT2D eigenvalue weighted by molar-refractivity contribution is 5.95. The fourth-order valence-corrected chi connectivity index (χ4v) is 1.38. The smallest absolute Gasteiger partial charge is 0.273 e. The van der Waals surface area contributed by atoms with E-state index in [4.69, 9.17) is 5.73 Å². The van der Waals surface area contributed by atoms with Crippen LogP contribution in [0.2, 0.25) is 0 Å². The first-order valence-electron chi connectivity index (χ1n) is 5.44. The van der Waals surface area contributed by atoms with Gasteiger partial charge in [0.1, 0.15) is 0 Å². The van der Waals surface area contributed by atoms with Crippen LogP contribution >= 0.6 is 0 Å². The molecule has 0 aromatic heterocycles. The van der Waals surface area contributed by atoms with Crippen LogP contribution in [0.25, 0.3) is 0 Å². The van der Waals surface area contributed by atoms with E-state index in [0.29, 0.717) is 18.7 Å². The van der Waals surface area contributed by atoms with E-state index >= 15 is 0 Å². The van der Waals surface area contributed by atoms with Crippen molar-refractivity contribution in [1.82, 2.24) is 5.32 Å². The molecular weight excluding hydrogens is 234 g/mol. The molecule has 0 aliphatic rings. The highest BCUT2D eigenvalue weighted by Gasteiger charge is 2.14. The largest absolute Gasteiger partial charge is 0.349 e. The lowest BCUT2D eigenvalue weighted by molar-refractivity contribution is -0.385. The number of nitro groups is 1. The summed E-state index contributed by atoms with van der Waals surface area (Å²) in [5, 5.41) is 13.4. The lowest BCUT2D eigenvalue weighted by Gasteiger charge is -2.03. The number of benzene rings is 1. The van der Waals surface area contributed by atoms with Crippen molar-refractivity contribution in [3.63, 3.8) is 0 Å². The molecule has 96 valence electrons. The van der Waals surface area contributed by atoms with Gasteiger partial charge in [0.2, 0.25) is 0 Å². The highest BCUT2D eigenvalue weighted by atomic mass is 16.6. The van der Waals surface area contributed by atoms with Crippen LogP contribution in [-0.2, 0) is 0 Å². The molecule has 0 saturated heterocycles. The Labute approximate surface area is 105 Å². The first-order chi connectivity index (χ1) is 8.56. The number of nitrogens with one attached hydrogen (secondary N) is 1. The number of hydrogen-bond donors (Lipinski definition) is 2. The molecule has 0 aliphatic carbocycles. The van der Waals surface area contributed by atoms with Crippen LogP contribution in [0.4, 0.5) is 5.69 Å². The predicted molar refractivity (Wildman–Crippen MR) is 68.4 cm³/mol. The summed E-state index contributed by atoms with van der Waals surface area (Å²) in [5.74, 6) is -0.347. The molecular formula is C12H15N3O3. The lowest BCUT2D eigenvalue weighted by Crippen LogP contribution is -2.23. The van der Waals surface area contributed by atoms with Gasteiger partial charge in [-0.15, -0.1) is 0 Å². The Balaban J connectivity index is 2.77. The highest BCUT2D eigenvalue weighted by Crippen LogP contribution is 2.18. The molecule has 0 unspecified atom stereocenters. The zero-order chi connectivity index (χ0) is 13.5. The standard InChI is InChI=1S/C12H15N3O3/c1-9-4-5-10(8-11(9)15(17)18)12(16)14-7-3-2-6-13/h2-5,8H,6-7,13H2,1H3,(H,14,16)/b3-2+. The van der Waals surface area contributed by atoms with Gasteiger partial charge in [0.15, 0.2) is 0 Å². The van der Waals surface area contributed by atoms with E-state index in [1.54, 1.807) is 31.2 Å². The maximum Gasteiger partial charge on any atom is 0.273 e. The van der Waals surface area contributed by atoms with E-state index in [-0.39, 0.29) is 17.2 Å². The Morgan fingerprint density at radius 1 is 1.50 bits per heavy atom. The second kappa shape index (κ2) is 6.51. The van der Waals surface area contributed by atoms with Crippen LogP contribution in [0.1, 0.15) is 15.9 Å². The number of aryl methyl sites for hydroxylation is 1. The Morgan fingerprint density at radius 2 is 2.22 bits per heavy atom. The van der Waals surface area contributed by atoms with Crippen LogP contribution < -0.4 is 11.1 Å². The summed E-state index contributed by atoms with van der Waals surface area (Å²) in [4.78, 5) is 21.9. The molecule has 18 heavy (non-hydrogen) atoms. The summed E-state index contributed by atoms with van der Waals surface area (Å²) < 4.78 is 0. The number of hydrogen-bond acceptors (Lipinski definition) is 4. The zero-order valence-corrected chi connectivity index (χ0v) is 10.1. The van der Waals surface area contributed by atoms with Crippen molar-refractivity contribution in [3.8, 4) is 0 Å². The van der Waals surface area contributed by atoms with Gasteiger partial charge in [0.25, 0.3) is 11.6 Å². The van der Waals surface area contributed by atoms with Gasteiger partial charge in [-0.1, -0.05) is 18.2 Å². The minimum Gasteiger partial charge on any atom is -0.349 e. The molecule has 1 amide bonds. The quantitative estimate of drug-likeness (QED) is 0.464. The van der Waals surface area contributed by atoms with Crippen molar-refractivity contribution < 1.29 is 9.72 Å². The Kier molecular flexibility index (Phi) is 5.01. The van der Waals surface area contributed by atoms with Crippen LogP contribution in [0.15, 0.2) is 30.4 Å². The van der Waals surface area contributed by atoms with E-state index in [1.165, 1.54) is 6.07 Å². The van der Waals surface area contributed by atoms with E-state index in [0.717, 1.165) is 0 Å². The molecule has 0 aliphatic heterocycles. The molecule has 0 heterocycles. The number of rotatable bonds is 5. The summed E-state index contributed by atoms with van der Waals surface area (Å²) in [6, 6.07) is 4.39. The van der Waals surface area contributed by atoms with Crippen molar-refractivity contribution in [2.24, 2.45) is 5.73 Å². The Hall–Kier alpha value is -2.21. The van der Waals surface area contributed by atoms with Crippen molar-refractivity contribution >= 4 is 11.6 Å². The summed E-state index contributed by atoms with van der Waals surface area (Å²) in [6.45, 7) is 2.38. The molecule has 6 heteroatoms. The normalized spacial score (nSPS) is 10.6. The molecule has 0 saturated carbocycles. The number of nitrogens with two attached hydrogens (primary N) is 1. The van der Waals surface area contributed by atoms with Gasteiger partial charge in [-0.3, -0.25) is 14.9 Å². The number of nitro benzene ring substituents is 1. The van der Waals surface area contributed by atoms with Gasteiger partial charge in [-0.25, -0.2) is 0 Å². The molecule has 0 fully saturated rings. The van der Waals surface area contributed by atoms with Gasteiger partial charge in [0, 0.05) is 30.3 Å². The average Bonchev–Trinajstić information content (AvgIpc) is 2.34. The predicted octanol–water partition coefficient (Wildman–Crippen LogP) is 1.15. The van der Waals surface area contributed by atoms with Crippen molar-refractivity contribution in [2.45, 2.75) is 6.92 Å². The number of nitrogens with zero attached hydrogens (tertiary/aromatic N) is 1. The van der Waals surface area contributed by atoms with Gasteiger partial charge in [0.05, 0.1) is 4.92 Å². The van der Waals surface area contributed by atoms with E-state index in [1.807, 2.05) is 0 Å². The van der Waals surface area contributed by atoms with E-state index in [2.05, 4.69) is 5.32 Å². The van der Waals surface area contributed by atoms with Crippen molar-refractivity contribution in [2.75, 3.05) is 13.1 Å². The molecule has 6 nitrogen and oxygen atoms in total. The van der Waals surface area contributed by atoms with E-state index in [9.17, 15) is 14.9 Å². The van der Waals surface area contributed by atoms with Crippen LogP contribution in [0.3, 0.4) is 0 Å². The average molecular weight is 249 g/mol. The number of carbonyl (C=O) groups excluding carboxylic acids is 1. The zero-order valence-electron chi connectivity index (χ0n) is 10.1. The molecule has 3 N–H and O–H groups in total. The maximum atomic E-state index is 11.7. The first kappa shape index (κ1) is 13.9. The Morgan fingerprint density at radius 3 is 2.83 bits per heavy atom. The first-order valence-corrected chi connectivity index (χ1v) is 5.44. The molecule has 0 spiro atoms. The summed E-state index contributed by atoms with van der Waals surface area (Å²) in [5.41, 5.74) is 6.00. The summed E-state index contributed by atoms with van der Waals surface area (Å²) in [6.07, 6.45) is 3.44. The second-order valence-corrected chi connectivity index (χ2v) is 3.68. The monoisotopic (exact) mass is 249 g/mol. The minimum atomic E-state index is -0.500. The fraction of sp³-hybridized carbons (Fsp3) is 0.250. The summed E-state index contributed by atoms with van der Waals surface area (Å²) >= 11 is 0. The molecule has 0 bridgehead atoms. The minimum absolute atomic E-state index is 0.0554.